The lowest BCUT2D eigenvalue weighted by Crippen LogP contribution is -2.30. The molecular formula is C17H26N2O. The molecule has 20 heavy (non-hydrogen) atoms. The molecule has 2 fully saturated rings. The van der Waals surface area contributed by atoms with Gasteiger partial charge in [0.1, 0.15) is 12.4 Å². The van der Waals surface area contributed by atoms with Gasteiger partial charge in [-0.15, -0.1) is 0 Å². The number of ether oxygens (including phenoxy) is 1. The maximum atomic E-state index is 5.85. The van der Waals surface area contributed by atoms with E-state index in [1.54, 1.807) is 0 Å². The highest BCUT2D eigenvalue weighted by molar-refractivity contribution is 5.27. The van der Waals surface area contributed by atoms with E-state index < -0.39 is 0 Å². The summed E-state index contributed by atoms with van der Waals surface area (Å²) in [6.07, 6.45) is 5.43. The molecular weight excluding hydrogens is 248 g/mol. The van der Waals surface area contributed by atoms with E-state index in [0.717, 1.165) is 44.1 Å². The van der Waals surface area contributed by atoms with Crippen LogP contribution >= 0.6 is 0 Å². The highest BCUT2D eigenvalue weighted by atomic mass is 16.5. The molecule has 1 aromatic carbocycles. The molecule has 0 amide bonds. The molecule has 0 aliphatic heterocycles. The van der Waals surface area contributed by atoms with Crippen molar-refractivity contribution in [1.82, 2.24) is 10.2 Å². The predicted molar refractivity (Wildman–Crippen MR) is 82.1 cm³/mol. The zero-order valence-electron chi connectivity index (χ0n) is 12.5. The van der Waals surface area contributed by atoms with Crippen LogP contribution in [0.5, 0.6) is 5.75 Å². The standard InChI is InChI=1S/C17H26N2O/c1-2-19(16-7-8-16)11-12-20-17-9-3-14(4-10-17)13-18-15-5-6-15/h3-4,9-10,15-16,18H,2,5-8,11-13H2,1H3. The van der Waals surface area contributed by atoms with Crippen LogP contribution in [0.4, 0.5) is 0 Å². The molecule has 0 aromatic heterocycles. The summed E-state index contributed by atoms with van der Waals surface area (Å²) >= 11 is 0. The summed E-state index contributed by atoms with van der Waals surface area (Å²) < 4.78 is 5.85. The van der Waals surface area contributed by atoms with E-state index in [4.69, 9.17) is 4.74 Å². The van der Waals surface area contributed by atoms with Gasteiger partial charge < -0.3 is 10.1 Å². The van der Waals surface area contributed by atoms with Crippen LogP contribution in [0.1, 0.15) is 38.2 Å². The highest BCUT2D eigenvalue weighted by Gasteiger charge is 2.27. The first kappa shape index (κ1) is 13.9. The van der Waals surface area contributed by atoms with E-state index >= 15 is 0 Å². The fraction of sp³-hybridized carbons (Fsp3) is 0.647. The third kappa shape index (κ3) is 4.22. The molecule has 0 radical (unpaired) electrons. The lowest BCUT2D eigenvalue weighted by atomic mass is 10.2. The van der Waals surface area contributed by atoms with Gasteiger partial charge in [0, 0.05) is 25.2 Å². The zero-order valence-corrected chi connectivity index (χ0v) is 12.5. The van der Waals surface area contributed by atoms with Crippen LogP contribution in [0, 0.1) is 0 Å². The summed E-state index contributed by atoms with van der Waals surface area (Å²) in [6.45, 7) is 6.20. The Kier molecular flexibility index (Phi) is 4.58. The Hall–Kier alpha value is -1.06. The van der Waals surface area contributed by atoms with Gasteiger partial charge in [-0.2, -0.15) is 0 Å². The van der Waals surface area contributed by atoms with Crippen molar-refractivity contribution in [3.8, 4) is 5.75 Å². The Morgan fingerprint density at radius 2 is 1.90 bits per heavy atom. The smallest absolute Gasteiger partial charge is 0.119 e. The highest BCUT2D eigenvalue weighted by Crippen LogP contribution is 2.26. The average molecular weight is 274 g/mol. The first-order valence-corrected chi connectivity index (χ1v) is 8.04. The fourth-order valence-corrected chi connectivity index (χ4v) is 2.57. The van der Waals surface area contributed by atoms with Crippen molar-refractivity contribution in [3.63, 3.8) is 0 Å². The molecule has 2 aliphatic carbocycles. The Balaban J connectivity index is 1.38. The Bertz CT molecular complexity index is 410. The molecule has 1 N–H and O–H groups in total. The van der Waals surface area contributed by atoms with Crippen molar-refractivity contribution in [2.45, 2.75) is 51.2 Å². The number of benzene rings is 1. The van der Waals surface area contributed by atoms with Gasteiger partial charge in [0.25, 0.3) is 0 Å². The number of likely N-dealkylation sites (N-methyl/N-ethyl adjacent to an activating group) is 1. The van der Waals surface area contributed by atoms with Crippen LogP contribution in [-0.2, 0) is 6.54 Å². The molecule has 0 saturated heterocycles. The van der Waals surface area contributed by atoms with Crippen LogP contribution in [0.3, 0.4) is 0 Å². The SMILES string of the molecule is CCN(CCOc1ccc(CNC2CC2)cc1)C1CC1. The first-order valence-electron chi connectivity index (χ1n) is 8.04. The van der Waals surface area contributed by atoms with Gasteiger partial charge in [-0.3, -0.25) is 4.90 Å². The molecule has 0 unspecified atom stereocenters. The summed E-state index contributed by atoms with van der Waals surface area (Å²) in [6, 6.07) is 10.1. The zero-order chi connectivity index (χ0) is 13.8. The topological polar surface area (TPSA) is 24.5 Å². The summed E-state index contributed by atoms with van der Waals surface area (Å²) in [4.78, 5) is 2.52. The maximum absolute atomic E-state index is 5.85. The predicted octanol–water partition coefficient (Wildman–Crippen LogP) is 2.80. The summed E-state index contributed by atoms with van der Waals surface area (Å²) in [5.74, 6) is 0.993. The number of nitrogens with one attached hydrogen (secondary N) is 1. The fourth-order valence-electron chi connectivity index (χ4n) is 2.57. The second-order valence-corrected chi connectivity index (χ2v) is 6.01. The van der Waals surface area contributed by atoms with Gasteiger partial charge in [-0.05, 0) is 49.9 Å². The van der Waals surface area contributed by atoms with E-state index in [9.17, 15) is 0 Å². The Morgan fingerprint density at radius 3 is 2.50 bits per heavy atom. The molecule has 110 valence electrons. The number of nitrogens with zero attached hydrogens (tertiary/aromatic N) is 1. The van der Waals surface area contributed by atoms with E-state index in [1.165, 1.54) is 31.2 Å². The molecule has 3 rings (SSSR count). The van der Waals surface area contributed by atoms with E-state index in [2.05, 4.69) is 41.4 Å². The van der Waals surface area contributed by atoms with Gasteiger partial charge in [-0.1, -0.05) is 19.1 Å². The normalized spacial score (nSPS) is 18.5. The minimum Gasteiger partial charge on any atom is -0.492 e. The lowest BCUT2D eigenvalue weighted by Gasteiger charge is -2.19. The molecule has 0 spiro atoms. The third-order valence-electron chi connectivity index (χ3n) is 4.21. The summed E-state index contributed by atoms with van der Waals surface area (Å²) in [5, 5.41) is 3.53. The van der Waals surface area contributed by atoms with Crippen molar-refractivity contribution in [1.29, 1.82) is 0 Å². The van der Waals surface area contributed by atoms with Crippen molar-refractivity contribution in [2.24, 2.45) is 0 Å². The van der Waals surface area contributed by atoms with Crippen molar-refractivity contribution < 1.29 is 4.74 Å². The van der Waals surface area contributed by atoms with Gasteiger partial charge >= 0.3 is 0 Å². The molecule has 3 heteroatoms. The van der Waals surface area contributed by atoms with Gasteiger partial charge in [0.05, 0.1) is 0 Å². The van der Waals surface area contributed by atoms with Crippen LogP contribution in [0.15, 0.2) is 24.3 Å². The van der Waals surface area contributed by atoms with Crippen LogP contribution in [0.25, 0.3) is 0 Å². The van der Waals surface area contributed by atoms with E-state index in [-0.39, 0.29) is 0 Å². The van der Waals surface area contributed by atoms with Crippen LogP contribution in [0.2, 0.25) is 0 Å². The average Bonchev–Trinajstić information content (AvgIpc) is 3.36. The molecule has 0 bridgehead atoms. The molecule has 1 aromatic rings. The van der Waals surface area contributed by atoms with Gasteiger partial charge in [-0.25, -0.2) is 0 Å². The van der Waals surface area contributed by atoms with E-state index in [0.29, 0.717) is 0 Å². The van der Waals surface area contributed by atoms with Crippen LogP contribution < -0.4 is 10.1 Å². The molecule has 0 heterocycles. The van der Waals surface area contributed by atoms with Gasteiger partial charge in [0.2, 0.25) is 0 Å². The number of hydrogen-bond donors (Lipinski definition) is 1. The minimum atomic E-state index is 0.772. The number of rotatable bonds is 9. The monoisotopic (exact) mass is 274 g/mol. The Morgan fingerprint density at radius 1 is 1.15 bits per heavy atom. The van der Waals surface area contributed by atoms with Crippen molar-refractivity contribution in [3.05, 3.63) is 29.8 Å². The van der Waals surface area contributed by atoms with Crippen molar-refractivity contribution >= 4 is 0 Å². The third-order valence-corrected chi connectivity index (χ3v) is 4.21. The molecule has 0 atom stereocenters. The molecule has 2 saturated carbocycles. The van der Waals surface area contributed by atoms with Crippen molar-refractivity contribution in [2.75, 3.05) is 19.7 Å². The minimum absolute atomic E-state index is 0.772. The second kappa shape index (κ2) is 6.59. The maximum Gasteiger partial charge on any atom is 0.119 e. The second-order valence-electron chi connectivity index (χ2n) is 6.01. The number of hydrogen-bond acceptors (Lipinski definition) is 3. The lowest BCUT2D eigenvalue weighted by molar-refractivity contribution is 0.209. The first-order chi connectivity index (χ1) is 9.85. The van der Waals surface area contributed by atoms with E-state index in [1.807, 2.05) is 0 Å². The summed E-state index contributed by atoms with van der Waals surface area (Å²) in [7, 11) is 0. The quantitative estimate of drug-likeness (QED) is 0.749. The largest absolute Gasteiger partial charge is 0.492 e. The Labute approximate surface area is 122 Å². The summed E-state index contributed by atoms with van der Waals surface area (Å²) in [5.41, 5.74) is 1.34. The molecule has 2 aliphatic rings. The van der Waals surface area contributed by atoms with Crippen LogP contribution in [-0.4, -0.2) is 36.7 Å². The molecule has 3 nitrogen and oxygen atoms in total. The van der Waals surface area contributed by atoms with Gasteiger partial charge in [0.15, 0.2) is 0 Å².